The molecule has 1 aromatic heterocycles. The van der Waals surface area contributed by atoms with Crippen LogP contribution in [0.15, 0.2) is 28.9 Å². The molecule has 6 nitrogen and oxygen atoms in total. The lowest BCUT2D eigenvalue weighted by Gasteiger charge is -2.26. The number of carboxylic acid groups (broad SMARTS) is 1. The van der Waals surface area contributed by atoms with Crippen molar-refractivity contribution in [1.29, 1.82) is 0 Å². The number of hydrogen-bond acceptors (Lipinski definition) is 4. The molecule has 2 heterocycles. The van der Waals surface area contributed by atoms with Crippen molar-refractivity contribution in [2.24, 2.45) is 17.8 Å². The molecule has 1 saturated carbocycles. The Morgan fingerprint density at radius 2 is 2.19 bits per heavy atom. The van der Waals surface area contributed by atoms with Crippen LogP contribution in [0.1, 0.15) is 16.8 Å². The molecule has 1 amide bonds. The number of nitrogens with zero attached hydrogens (tertiary/aromatic N) is 2. The van der Waals surface area contributed by atoms with Gasteiger partial charge in [-0.05, 0) is 36.5 Å². The summed E-state index contributed by atoms with van der Waals surface area (Å²) >= 11 is 0. The zero-order chi connectivity index (χ0) is 14.6. The van der Waals surface area contributed by atoms with E-state index in [9.17, 15) is 9.59 Å². The van der Waals surface area contributed by atoms with Gasteiger partial charge in [-0.1, -0.05) is 5.16 Å². The van der Waals surface area contributed by atoms with Gasteiger partial charge in [-0.15, -0.1) is 0 Å². The van der Waals surface area contributed by atoms with Crippen LogP contribution in [0.25, 0.3) is 11.0 Å². The van der Waals surface area contributed by atoms with E-state index in [1.54, 1.807) is 29.3 Å². The van der Waals surface area contributed by atoms with Crippen molar-refractivity contribution in [1.82, 2.24) is 10.1 Å². The topological polar surface area (TPSA) is 83.6 Å². The van der Waals surface area contributed by atoms with E-state index in [0.717, 1.165) is 11.8 Å². The molecule has 1 saturated heterocycles. The fourth-order valence-corrected chi connectivity index (χ4v) is 3.48. The smallest absolute Gasteiger partial charge is 0.307 e. The van der Waals surface area contributed by atoms with E-state index in [1.807, 2.05) is 0 Å². The molecule has 2 aromatic rings. The van der Waals surface area contributed by atoms with Gasteiger partial charge in [0.25, 0.3) is 5.91 Å². The standard InChI is InChI=1S/C15H14N2O4/c18-14(8-1-2-12-9(5-8)6-16-21-12)17-4-3-10-11(7-17)13(10)15(19)20/h1-2,5-6,10-11,13H,3-4,7H2,(H,19,20)/t10-,11+,13-/m1/s1. The van der Waals surface area contributed by atoms with Crippen molar-refractivity contribution in [3.8, 4) is 0 Å². The average Bonchev–Trinajstić information content (AvgIpc) is 3.02. The summed E-state index contributed by atoms with van der Waals surface area (Å²) in [6.07, 6.45) is 2.36. The van der Waals surface area contributed by atoms with Crippen LogP contribution in [0.5, 0.6) is 0 Å². The van der Waals surface area contributed by atoms with E-state index in [1.165, 1.54) is 0 Å². The first-order valence-corrected chi connectivity index (χ1v) is 7.01. The number of rotatable bonds is 2. The molecular formula is C15H14N2O4. The van der Waals surface area contributed by atoms with Gasteiger partial charge >= 0.3 is 5.97 Å². The molecule has 1 aliphatic carbocycles. The maximum absolute atomic E-state index is 12.5. The zero-order valence-electron chi connectivity index (χ0n) is 11.2. The zero-order valence-corrected chi connectivity index (χ0v) is 11.2. The normalized spacial score (nSPS) is 27.4. The Morgan fingerprint density at radius 3 is 3.00 bits per heavy atom. The summed E-state index contributed by atoms with van der Waals surface area (Å²) in [5.41, 5.74) is 1.25. The number of aliphatic carboxylic acids is 1. The third-order valence-electron chi connectivity index (χ3n) is 4.67. The van der Waals surface area contributed by atoms with Crippen molar-refractivity contribution < 1.29 is 19.2 Å². The van der Waals surface area contributed by atoms with Gasteiger partial charge in [0.2, 0.25) is 0 Å². The molecule has 2 aliphatic rings. The lowest BCUT2D eigenvalue weighted by molar-refractivity contribution is -0.139. The third kappa shape index (κ3) is 1.90. The molecule has 0 radical (unpaired) electrons. The highest BCUT2D eigenvalue weighted by Gasteiger charge is 2.57. The second kappa shape index (κ2) is 4.31. The summed E-state index contributed by atoms with van der Waals surface area (Å²) in [4.78, 5) is 25.4. The first-order chi connectivity index (χ1) is 10.1. The van der Waals surface area contributed by atoms with Gasteiger partial charge in [0.15, 0.2) is 5.58 Å². The van der Waals surface area contributed by atoms with Crippen molar-refractivity contribution in [2.45, 2.75) is 6.42 Å². The van der Waals surface area contributed by atoms with Crippen LogP contribution in [0.3, 0.4) is 0 Å². The number of piperidine rings is 1. The van der Waals surface area contributed by atoms with Crippen molar-refractivity contribution >= 4 is 22.8 Å². The first-order valence-electron chi connectivity index (χ1n) is 7.01. The molecule has 21 heavy (non-hydrogen) atoms. The fraction of sp³-hybridized carbons (Fsp3) is 0.400. The monoisotopic (exact) mass is 286 g/mol. The second-order valence-electron chi connectivity index (χ2n) is 5.81. The number of likely N-dealkylation sites (tertiary alicyclic amines) is 1. The van der Waals surface area contributed by atoms with Gasteiger partial charge in [0, 0.05) is 24.0 Å². The largest absolute Gasteiger partial charge is 0.481 e. The highest BCUT2D eigenvalue weighted by atomic mass is 16.5. The van der Waals surface area contributed by atoms with E-state index in [2.05, 4.69) is 5.16 Å². The Hall–Kier alpha value is -2.37. The molecule has 6 heteroatoms. The number of amides is 1. The third-order valence-corrected chi connectivity index (χ3v) is 4.67. The number of carboxylic acids is 1. The van der Waals surface area contributed by atoms with Gasteiger partial charge in [-0.25, -0.2) is 0 Å². The van der Waals surface area contributed by atoms with E-state index < -0.39 is 5.97 Å². The summed E-state index contributed by atoms with van der Waals surface area (Å²) in [7, 11) is 0. The molecule has 4 rings (SSSR count). The number of carbonyl (C=O) groups excluding carboxylic acids is 1. The molecule has 0 spiro atoms. The van der Waals surface area contributed by atoms with Crippen LogP contribution in [0.4, 0.5) is 0 Å². The predicted molar refractivity (Wildman–Crippen MR) is 72.6 cm³/mol. The maximum Gasteiger partial charge on any atom is 0.307 e. The van der Waals surface area contributed by atoms with Gasteiger partial charge in [-0.2, -0.15) is 0 Å². The van der Waals surface area contributed by atoms with Crippen LogP contribution in [-0.2, 0) is 4.79 Å². The maximum atomic E-state index is 12.5. The first kappa shape index (κ1) is 12.4. The van der Waals surface area contributed by atoms with Crippen molar-refractivity contribution in [3.05, 3.63) is 30.0 Å². The molecule has 2 fully saturated rings. The van der Waals surface area contributed by atoms with E-state index in [-0.39, 0.29) is 23.7 Å². The molecule has 1 N–H and O–H groups in total. The summed E-state index contributed by atoms with van der Waals surface area (Å²) < 4.78 is 5.02. The van der Waals surface area contributed by atoms with E-state index >= 15 is 0 Å². The minimum Gasteiger partial charge on any atom is -0.481 e. The van der Waals surface area contributed by atoms with Gasteiger partial charge in [0.05, 0.1) is 12.1 Å². The number of carbonyl (C=O) groups is 2. The molecule has 3 atom stereocenters. The summed E-state index contributed by atoms with van der Waals surface area (Å²) in [5, 5.41) is 13.6. The van der Waals surface area contributed by atoms with Crippen LogP contribution in [-0.4, -0.2) is 40.1 Å². The van der Waals surface area contributed by atoms with Crippen LogP contribution < -0.4 is 0 Å². The Bertz CT molecular complexity index is 738. The number of aromatic nitrogens is 1. The summed E-state index contributed by atoms with van der Waals surface area (Å²) in [5.74, 6) is -0.659. The van der Waals surface area contributed by atoms with Crippen LogP contribution >= 0.6 is 0 Å². The highest BCUT2D eigenvalue weighted by Crippen LogP contribution is 2.51. The molecule has 1 aliphatic heterocycles. The van der Waals surface area contributed by atoms with Crippen molar-refractivity contribution in [2.75, 3.05) is 13.1 Å². The minimum atomic E-state index is -0.731. The van der Waals surface area contributed by atoms with Crippen LogP contribution in [0, 0.1) is 17.8 Å². The fourth-order valence-electron chi connectivity index (χ4n) is 3.48. The Balaban J connectivity index is 1.54. The van der Waals surface area contributed by atoms with Crippen LogP contribution in [0.2, 0.25) is 0 Å². The van der Waals surface area contributed by atoms with E-state index in [4.69, 9.17) is 9.63 Å². The molecular weight excluding hydrogens is 272 g/mol. The highest BCUT2D eigenvalue weighted by molar-refractivity contribution is 5.97. The lowest BCUT2D eigenvalue weighted by Crippen LogP contribution is -2.36. The average molecular weight is 286 g/mol. The van der Waals surface area contributed by atoms with E-state index in [0.29, 0.717) is 24.2 Å². The molecule has 108 valence electrons. The Kier molecular flexibility index (Phi) is 2.54. The summed E-state index contributed by atoms with van der Waals surface area (Å²) in [6, 6.07) is 5.23. The van der Waals surface area contributed by atoms with Gasteiger partial charge < -0.3 is 14.5 Å². The Morgan fingerprint density at radius 1 is 1.33 bits per heavy atom. The number of fused-ring (bicyclic) bond motifs is 2. The number of benzene rings is 1. The SMILES string of the molecule is O=C(O)[C@@H]1[C@@H]2CCN(C(=O)c3ccc4oncc4c3)C[C@@H]21. The number of hydrogen-bond donors (Lipinski definition) is 1. The summed E-state index contributed by atoms with van der Waals surface area (Å²) in [6.45, 7) is 1.17. The lowest BCUT2D eigenvalue weighted by atomic mass is 10.1. The van der Waals surface area contributed by atoms with Crippen molar-refractivity contribution in [3.63, 3.8) is 0 Å². The molecule has 1 aromatic carbocycles. The minimum absolute atomic E-state index is 0.0485. The second-order valence-corrected chi connectivity index (χ2v) is 5.81. The Labute approximate surface area is 120 Å². The molecule has 0 bridgehead atoms. The predicted octanol–water partition coefficient (Wildman–Crippen LogP) is 1.62. The van der Waals surface area contributed by atoms with Gasteiger partial charge in [0.1, 0.15) is 0 Å². The quantitative estimate of drug-likeness (QED) is 0.907. The van der Waals surface area contributed by atoms with Gasteiger partial charge in [-0.3, -0.25) is 9.59 Å². The molecule has 0 unspecified atom stereocenters.